The first-order chi connectivity index (χ1) is 15.5. The number of aromatic nitrogens is 4. The maximum atomic E-state index is 12.5. The topological polar surface area (TPSA) is 75.9 Å². The van der Waals surface area contributed by atoms with Gasteiger partial charge in [-0.15, -0.1) is 0 Å². The molecule has 0 spiro atoms. The van der Waals surface area contributed by atoms with E-state index in [9.17, 15) is 4.79 Å². The summed E-state index contributed by atoms with van der Waals surface area (Å²) in [5.74, 6) is 2.08. The Labute approximate surface area is 189 Å². The number of nitrogens with one attached hydrogen (secondary N) is 1. The van der Waals surface area contributed by atoms with Gasteiger partial charge in [-0.2, -0.15) is 5.10 Å². The predicted molar refractivity (Wildman–Crippen MR) is 126 cm³/mol. The maximum Gasteiger partial charge on any atom is 0.220 e. The number of carbonyl (C=O) groups is 1. The number of aryl methyl sites for hydroxylation is 1. The summed E-state index contributed by atoms with van der Waals surface area (Å²) in [5, 5.41) is 7.79. The fraction of sp³-hybridized carbons (Fsp3) is 0.440. The lowest BCUT2D eigenvalue weighted by Crippen LogP contribution is -2.27. The SMILES string of the molecule is Cc1nn(-c2cc(N3CCCC3)ncn2)c(C)c1CCC(=O)NC[C@@H](C)c1ccccc1. The molecule has 168 valence electrons. The highest BCUT2D eigenvalue weighted by atomic mass is 16.1. The number of rotatable bonds is 8. The molecule has 0 bridgehead atoms. The van der Waals surface area contributed by atoms with Crippen LogP contribution in [-0.4, -0.2) is 45.3 Å². The molecular formula is C25H32N6O. The molecule has 1 atom stereocenters. The van der Waals surface area contributed by atoms with E-state index in [4.69, 9.17) is 5.10 Å². The van der Waals surface area contributed by atoms with Gasteiger partial charge in [0.25, 0.3) is 0 Å². The largest absolute Gasteiger partial charge is 0.356 e. The van der Waals surface area contributed by atoms with Crippen LogP contribution in [0.1, 0.15) is 54.6 Å². The van der Waals surface area contributed by atoms with Crippen molar-refractivity contribution in [3.8, 4) is 5.82 Å². The number of hydrogen-bond donors (Lipinski definition) is 1. The Bertz CT molecular complexity index is 1060. The molecule has 1 N–H and O–H groups in total. The van der Waals surface area contributed by atoms with Gasteiger partial charge in [0, 0.05) is 37.8 Å². The summed E-state index contributed by atoms with van der Waals surface area (Å²) in [7, 11) is 0. The molecule has 1 aliphatic heterocycles. The van der Waals surface area contributed by atoms with Crippen LogP contribution >= 0.6 is 0 Å². The van der Waals surface area contributed by atoms with Crippen molar-refractivity contribution >= 4 is 11.7 Å². The van der Waals surface area contributed by atoms with Gasteiger partial charge in [-0.1, -0.05) is 37.3 Å². The summed E-state index contributed by atoms with van der Waals surface area (Å²) in [6.07, 6.45) is 5.12. The van der Waals surface area contributed by atoms with Gasteiger partial charge in [0.05, 0.1) is 5.69 Å². The van der Waals surface area contributed by atoms with Crippen LogP contribution in [0.3, 0.4) is 0 Å². The molecule has 0 unspecified atom stereocenters. The Morgan fingerprint density at radius 2 is 1.81 bits per heavy atom. The van der Waals surface area contributed by atoms with Gasteiger partial charge in [0.1, 0.15) is 12.1 Å². The fourth-order valence-electron chi connectivity index (χ4n) is 4.33. The lowest BCUT2D eigenvalue weighted by molar-refractivity contribution is -0.121. The molecule has 1 aromatic carbocycles. The Kier molecular flexibility index (Phi) is 6.83. The number of anilines is 1. The first-order valence-electron chi connectivity index (χ1n) is 11.5. The van der Waals surface area contributed by atoms with Crippen LogP contribution in [0.5, 0.6) is 0 Å². The molecule has 0 aliphatic carbocycles. The maximum absolute atomic E-state index is 12.5. The highest BCUT2D eigenvalue weighted by molar-refractivity contribution is 5.76. The molecule has 0 radical (unpaired) electrons. The second kappa shape index (κ2) is 9.94. The van der Waals surface area contributed by atoms with Gasteiger partial charge < -0.3 is 10.2 Å². The zero-order valence-corrected chi connectivity index (χ0v) is 19.2. The summed E-state index contributed by atoms with van der Waals surface area (Å²) in [4.78, 5) is 23.7. The molecule has 1 aliphatic rings. The summed E-state index contributed by atoms with van der Waals surface area (Å²) < 4.78 is 1.88. The molecule has 2 aromatic heterocycles. The highest BCUT2D eigenvalue weighted by Crippen LogP contribution is 2.22. The Balaban J connectivity index is 1.38. The zero-order chi connectivity index (χ0) is 22.5. The van der Waals surface area contributed by atoms with E-state index in [1.807, 2.05) is 42.8 Å². The van der Waals surface area contributed by atoms with Gasteiger partial charge in [0.2, 0.25) is 5.91 Å². The third-order valence-corrected chi connectivity index (χ3v) is 6.30. The van der Waals surface area contributed by atoms with E-state index in [-0.39, 0.29) is 11.8 Å². The van der Waals surface area contributed by atoms with E-state index in [1.165, 1.54) is 18.4 Å². The Morgan fingerprint density at radius 3 is 2.56 bits per heavy atom. The van der Waals surface area contributed by atoms with Crippen molar-refractivity contribution in [2.75, 3.05) is 24.5 Å². The number of carbonyl (C=O) groups excluding carboxylic acids is 1. The van der Waals surface area contributed by atoms with Crippen LogP contribution < -0.4 is 10.2 Å². The van der Waals surface area contributed by atoms with Crippen molar-refractivity contribution in [2.24, 2.45) is 0 Å². The summed E-state index contributed by atoms with van der Waals surface area (Å²) in [6, 6.07) is 12.3. The smallest absolute Gasteiger partial charge is 0.220 e. The molecule has 32 heavy (non-hydrogen) atoms. The lowest BCUT2D eigenvalue weighted by Gasteiger charge is -2.16. The zero-order valence-electron chi connectivity index (χ0n) is 19.2. The summed E-state index contributed by atoms with van der Waals surface area (Å²) in [6.45, 7) is 8.89. The van der Waals surface area contributed by atoms with Gasteiger partial charge in [-0.3, -0.25) is 4.79 Å². The van der Waals surface area contributed by atoms with Gasteiger partial charge >= 0.3 is 0 Å². The van der Waals surface area contributed by atoms with Gasteiger partial charge in [-0.05, 0) is 50.2 Å². The lowest BCUT2D eigenvalue weighted by atomic mass is 10.0. The van der Waals surface area contributed by atoms with Crippen LogP contribution in [0.15, 0.2) is 42.7 Å². The minimum atomic E-state index is 0.0673. The molecule has 3 aromatic rings. The van der Waals surface area contributed by atoms with E-state index >= 15 is 0 Å². The first kappa shape index (κ1) is 22.0. The van der Waals surface area contributed by atoms with E-state index in [0.717, 1.165) is 41.7 Å². The van der Waals surface area contributed by atoms with E-state index in [1.54, 1.807) is 6.33 Å². The number of amides is 1. The molecule has 0 saturated carbocycles. The molecule has 1 fully saturated rings. The van der Waals surface area contributed by atoms with Crippen molar-refractivity contribution in [3.05, 3.63) is 65.2 Å². The average Bonchev–Trinajstić information content (AvgIpc) is 3.45. The van der Waals surface area contributed by atoms with E-state index < -0.39 is 0 Å². The third-order valence-electron chi connectivity index (χ3n) is 6.30. The van der Waals surface area contributed by atoms with Crippen molar-refractivity contribution < 1.29 is 4.79 Å². The van der Waals surface area contributed by atoms with Crippen LogP contribution in [-0.2, 0) is 11.2 Å². The minimum absolute atomic E-state index is 0.0673. The molecule has 3 heterocycles. The quantitative estimate of drug-likeness (QED) is 0.587. The summed E-state index contributed by atoms with van der Waals surface area (Å²) >= 11 is 0. The predicted octanol–water partition coefficient (Wildman–Crippen LogP) is 3.73. The summed E-state index contributed by atoms with van der Waals surface area (Å²) in [5.41, 5.74) is 4.31. The molecule has 7 nitrogen and oxygen atoms in total. The van der Waals surface area contributed by atoms with Crippen molar-refractivity contribution in [1.29, 1.82) is 0 Å². The second-order valence-electron chi connectivity index (χ2n) is 8.61. The number of nitrogens with zero attached hydrogens (tertiary/aromatic N) is 5. The van der Waals surface area contributed by atoms with Crippen molar-refractivity contribution in [1.82, 2.24) is 25.1 Å². The molecule has 1 saturated heterocycles. The molecular weight excluding hydrogens is 400 g/mol. The monoisotopic (exact) mass is 432 g/mol. The van der Waals surface area contributed by atoms with Gasteiger partial charge in [0.15, 0.2) is 5.82 Å². The minimum Gasteiger partial charge on any atom is -0.356 e. The Morgan fingerprint density at radius 1 is 1.09 bits per heavy atom. The Hall–Kier alpha value is -3.22. The second-order valence-corrected chi connectivity index (χ2v) is 8.61. The van der Waals surface area contributed by atoms with Crippen molar-refractivity contribution in [2.45, 2.75) is 52.4 Å². The van der Waals surface area contributed by atoms with E-state index in [2.05, 4.69) is 39.2 Å². The van der Waals surface area contributed by atoms with Crippen LogP contribution in [0.25, 0.3) is 5.82 Å². The van der Waals surface area contributed by atoms with Crippen LogP contribution in [0, 0.1) is 13.8 Å². The normalized spacial score (nSPS) is 14.5. The molecule has 7 heteroatoms. The average molecular weight is 433 g/mol. The highest BCUT2D eigenvalue weighted by Gasteiger charge is 2.18. The fourth-order valence-corrected chi connectivity index (χ4v) is 4.33. The van der Waals surface area contributed by atoms with Gasteiger partial charge in [-0.25, -0.2) is 14.6 Å². The standard InChI is InChI=1S/C25H32N6O/c1-18(21-9-5-4-6-10-21)16-26-25(32)12-11-22-19(2)29-31(20(22)3)24-15-23(27-17-28-24)30-13-7-8-14-30/h4-6,9-10,15,17-18H,7-8,11-14,16H2,1-3H3,(H,26,32)/t18-/m1/s1. The van der Waals surface area contributed by atoms with E-state index in [0.29, 0.717) is 19.4 Å². The van der Waals surface area contributed by atoms with Crippen LogP contribution in [0.4, 0.5) is 5.82 Å². The third kappa shape index (κ3) is 4.98. The number of benzene rings is 1. The molecule has 4 rings (SSSR count). The van der Waals surface area contributed by atoms with Crippen molar-refractivity contribution in [3.63, 3.8) is 0 Å². The first-order valence-corrected chi connectivity index (χ1v) is 11.5. The van der Waals surface area contributed by atoms with Crippen LogP contribution in [0.2, 0.25) is 0 Å². The molecule has 1 amide bonds. The number of hydrogen-bond acceptors (Lipinski definition) is 5.